The molecule has 3 rings (SSSR count). The molecule has 0 saturated heterocycles. The largest absolute Gasteiger partial charge is 0.368 e. The second kappa shape index (κ2) is 6.36. The monoisotopic (exact) mass is 343 g/mol. The van der Waals surface area contributed by atoms with Gasteiger partial charge in [-0.15, -0.1) is 0 Å². The lowest BCUT2D eigenvalue weighted by atomic mass is 10.2. The van der Waals surface area contributed by atoms with Gasteiger partial charge >= 0.3 is 0 Å². The molecule has 2 aromatic carbocycles. The third kappa shape index (κ3) is 3.49. The Morgan fingerprint density at radius 2 is 1.70 bits per heavy atom. The van der Waals surface area contributed by atoms with Gasteiger partial charge in [0.1, 0.15) is 0 Å². The van der Waals surface area contributed by atoms with Gasteiger partial charge in [0, 0.05) is 10.7 Å². The molecular weight excluding hydrogens is 330 g/mol. The molecule has 0 bridgehead atoms. The second-order valence-electron chi connectivity index (χ2n) is 4.99. The maximum atomic E-state index is 5.91. The Labute approximate surface area is 143 Å². The fourth-order valence-corrected chi connectivity index (χ4v) is 2.51. The average molecular weight is 344 g/mol. The molecular formula is C16H14ClN5S. The van der Waals surface area contributed by atoms with Crippen LogP contribution in [0.25, 0.3) is 5.69 Å². The van der Waals surface area contributed by atoms with Crippen LogP contribution in [0, 0.1) is 11.7 Å². The highest BCUT2D eigenvalue weighted by Crippen LogP contribution is 2.21. The molecule has 0 aliphatic heterocycles. The standard InChI is InChI=1S/C16H14ClN5S/c1-10-2-8-13(9-3-10)22-15(20-14(18)21-16(22)23)19-12-6-4-11(17)5-7-12/h2-9H,1H3,(H3,18,19,20,21,23). The predicted molar refractivity (Wildman–Crippen MR) is 96.1 cm³/mol. The number of nitrogens with two attached hydrogens (primary N) is 1. The number of benzene rings is 2. The average Bonchev–Trinajstić information content (AvgIpc) is 2.51. The van der Waals surface area contributed by atoms with E-state index >= 15 is 0 Å². The van der Waals surface area contributed by atoms with Crippen LogP contribution in [0.1, 0.15) is 5.56 Å². The minimum absolute atomic E-state index is 0.120. The van der Waals surface area contributed by atoms with Crippen LogP contribution in [0.5, 0.6) is 0 Å². The van der Waals surface area contributed by atoms with E-state index in [2.05, 4.69) is 15.3 Å². The van der Waals surface area contributed by atoms with Crippen LogP contribution < -0.4 is 11.1 Å². The molecule has 0 saturated carbocycles. The van der Waals surface area contributed by atoms with Crippen molar-refractivity contribution in [1.29, 1.82) is 0 Å². The molecule has 0 radical (unpaired) electrons. The summed E-state index contributed by atoms with van der Waals surface area (Å²) in [5.41, 5.74) is 8.58. The SMILES string of the molecule is Cc1ccc(-n2c(Nc3ccc(Cl)cc3)nc(N)nc2=S)cc1. The van der Waals surface area contributed by atoms with Gasteiger partial charge in [-0.3, -0.25) is 4.57 Å². The Morgan fingerprint density at radius 1 is 1.04 bits per heavy atom. The summed E-state index contributed by atoms with van der Waals surface area (Å²) in [4.78, 5) is 8.34. The Hall–Kier alpha value is -2.44. The molecule has 5 nitrogen and oxygen atoms in total. The first-order valence-corrected chi connectivity index (χ1v) is 7.68. The molecule has 0 spiro atoms. The number of aromatic nitrogens is 3. The van der Waals surface area contributed by atoms with Gasteiger partial charge in [0.2, 0.25) is 16.7 Å². The maximum Gasteiger partial charge on any atom is 0.226 e. The molecule has 1 heterocycles. The number of hydrogen-bond donors (Lipinski definition) is 2. The first-order valence-electron chi connectivity index (χ1n) is 6.89. The fourth-order valence-electron chi connectivity index (χ4n) is 2.09. The zero-order chi connectivity index (χ0) is 16.4. The van der Waals surface area contributed by atoms with Crippen LogP contribution in [0.4, 0.5) is 17.6 Å². The third-order valence-electron chi connectivity index (χ3n) is 3.23. The van der Waals surface area contributed by atoms with Gasteiger partial charge in [0.25, 0.3) is 0 Å². The lowest BCUT2D eigenvalue weighted by molar-refractivity contribution is 0.914. The quantitative estimate of drug-likeness (QED) is 0.694. The summed E-state index contributed by atoms with van der Waals surface area (Å²) < 4.78 is 2.07. The number of nitrogens with one attached hydrogen (secondary N) is 1. The number of nitrogens with zero attached hydrogens (tertiary/aromatic N) is 3. The lowest BCUT2D eigenvalue weighted by Gasteiger charge is -2.14. The molecule has 7 heteroatoms. The van der Waals surface area contributed by atoms with E-state index in [0.29, 0.717) is 15.7 Å². The van der Waals surface area contributed by atoms with E-state index in [-0.39, 0.29) is 5.95 Å². The second-order valence-corrected chi connectivity index (χ2v) is 5.79. The summed E-state index contributed by atoms with van der Waals surface area (Å²) in [6, 6.07) is 15.2. The summed E-state index contributed by atoms with van der Waals surface area (Å²) in [5.74, 6) is 0.614. The van der Waals surface area contributed by atoms with Crippen molar-refractivity contribution in [2.75, 3.05) is 11.1 Å². The smallest absolute Gasteiger partial charge is 0.226 e. The van der Waals surface area contributed by atoms with E-state index in [1.165, 1.54) is 0 Å². The summed E-state index contributed by atoms with van der Waals surface area (Å²) >= 11 is 11.3. The highest BCUT2D eigenvalue weighted by Gasteiger charge is 2.09. The molecule has 1 aromatic heterocycles. The van der Waals surface area contributed by atoms with Crippen LogP contribution in [0.15, 0.2) is 48.5 Å². The Bertz CT molecular complexity index is 888. The predicted octanol–water partition coefficient (Wildman–Crippen LogP) is 4.28. The first-order chi connectivity index (χ1) is 11.0. The molecule has 0 amide bonds. The minimum atomic E-state index is 0.120. The number of hydrogen-bond acceptors (Lipinski definition) is 5. The summed E-state index contributed by atoms with van der Waals surface area (Å²) in [5, 5.41) is 3.86. The van der Waals surface area contributed by atoms with E-state index < -0.39 is 0 Å². The number of nitrogen functional groups attached to an aromatic ring is 1. The van der Waals surface area contributed by atoms with Crippen LogP contribution in [-0.2, 0) is 0 Å². The number of rotatable bonds is 3. The van der Waals surface area contributed by atoms with E-state index in [1.54, 1.807) is 16.7 Å². The molecule has 3 N–H and O–H groups in total. The van der Waals surface area contributed by atoms with E-state index in [9.17, 15) is 0 Å². The van der Waals surface area contributed by atoms with Crippen molar-refractivity contribution in [1.82, 2.24) is 14.5 Å². The fraction of sp³-hybridized carbons (Fsp3) is 0.0625. The van der Waals surface area contributed by atoms with Gasteiger partial charge in [0.15, 0.2) is 0 Å². The zero-order valence-electron chi connectivity index (χ0n) is 12.3. The molecule has 0 aliphatic carbocycles. The highest BCUT2D eigenvalue weighted by molar-refractivity contribution is 7.71. The van der Waals surface area contributed by atoms with E-state index in [1.807, 2.05) is 43.3 Å². The summed E-state index contributed by atoms with van der Waals surface area (Å²) in [7, 11) is 0. The van der Waals surface area contributed by atoms with Crippen molar-refractivity contribution in [3.8, 4) is 5.69 Å². The van der Waals surface area contributed by atoms with Crippen molar-refractivity contribution in [3.63, 3.8) is 0 Å². The van der Waals surface area contributed by atoms with Crippen LogP contribution in [-0.4, -0.2) is 14.5 Å². The topological polar surface area (TPSA) is 68.8 Å². The third-order valence-corrected chi connectivity index (χ3v) is 3.75. The van der Waals surface area contributed by atoms with Gasteiger partial charge in [-0.2, -0.15) is 9.97 Å². The van der Waals surface area contributed by atoms with E-state index in [0.717, 1.165) is 16.9 Å². The van der Waals surface area contributed by atoms with Crippen LogP contribution in [0.3, 0.4) is 0 Å². The van der Waals surface area contributed by atoms with Crippen molar-refractivity contribution in [3.05, 3.63) is 63.9 Å². The molecule has 3 aromatic rings. The number of aryl methyl sites for hydroxylation is 1. The maximum absolute atomic E-state index is 5.91. The van der Waals surface area contributed by atoms with Gasteiger partial charge in [-0.05, 0) is 55.5 Å². The van der Waals surface area contributed by atoms with Gasteiger partial charge < -0.3 is 11.1 Å². The molecule has 23 heavy (non-hydrogen) atoms. The molecule has 0 aliphatic rings. The van der Waals surface area contributed by atoms with Gasteiger partial charge in [-0.25, -0.2) is 0 Å². The van der Waals surface area contributed by atoms with Crippen molar-refractivity contribution >= 4 is 41.4 Å². The highest BCUT2D eigenvalue weighted by atomic mass is 35.5. The summed E-state index contributed by atoms with van der Waals surface area (Å²) in [6.07, 6.45) is 0. The molecule has 116 valence electrons. The van der Waals surface area contributed by atoms with Crippen LogP contribution in [0.2, 0.25) is 5.02 Å². The van der Waals surface area contributed by atoms with Crippen molar-refractivity contribution < 1.29 is 0 Å². The van der Waals surface area contributed by atoms with E-state index in [4.69, 9.17) is 29.6 Å². The van der Waals surface area contributed by atoms with Gasteiger partial charge in [-0.1, -0.05) is 29.3 Å². The Morgan fingerprint density at radius 3 is 2.35 bits per heavy atom. The molecule has 0 fully saturated rings. The number of anilines is 3. The molecule has 0 atom stereocenters. The van der Waals surface area contributed by atoms with Crippen molar-refractivity contribution in [2.24, 2.45) is 0 Å². The minimum Gasteiger partial charge on any atom is -0.368 e. The van der Waals surface area contributed by atoms with Crippen LogP contribution >= 0.6 is 23.8 Å². The number of halogens is 1. The lowest BCUT2D eigenvalue weighted by Crippen LogP contribution is -2.11. The molecule has 0 unspecified atom stereocenters. The Kier molecular flexibility index (Phi) is 4.27. The summed E-state index contributed by atoms with van der Waals surface area (Å²) in [6.45, 7) is 2.02. The van der Waals surface area contributed by atoms with Crippen molar-refractivity contribution in [2.45, 2.75) is 6.92 Å². The zero-order valence-corrected chi connectivity index (χ0v) is 13.9. The normalized spacial score (nSPS) is 10.5. The Balaban J connectivity index is 2.10. The van der Waals surface area contributed by atoms with Gasteiger partial charge in [0.05, 0.1) is 5.69 Å². The first kappa shape index (κ1) is 15.5.